The highest BCUT2D eigenvalue weighted by atomic mass is 19.1. The lowest BCUT2D eigenvalue weighted by Gasteiger charge is -2.21. The lowest BCUT2D eigenvalue weighted by molar-refractivity contribution is -0.131. The van der Waals surface area contributed by atoms with E-state index in [1.165, 1.54) is 10.7 Å². The second-order valence-electron chi connectivity index (χ2n) is 7.40. The molecule has 30 heavy (non-hydrogen) atoms. The van der Waals surface area contributed by atoms with Gasteiger partial charge < -0.3 is 9.64 Å². The van der Waals surface area contributed by atoms with Crippen LogP contribution < -0.4 is 4.74 Å². The van der Waals surface area contributed by atoms with Gasteiger partial charge in [-0.25, -0.2) is 13.5 Å². The minimum Gasteiger partial charge on any atom is -0.436 e. The Hall–Kier alpha value is -3.22. The summed E-state index contributed by atoms with van der Waals surface area (Å²) in [5, 5.41) is 4.55. The van der Waals surface area contributed by atoms with Gasteiger partial charge in [-0.15, -0.1) is 0 Å². The number of benzene rings is 2. The van der Waals surface area contributed by atoms with Crippen LogP contribution in [-0.4, -0.2) is 33.7 Å². The highest BCUT2D eigenvalue weighted by Gasteiger charge is 2.22. The highest BCUT2D eigenvalue weighted by Crippen LogP contribution is 2.35. The summed E-state index contributed by atoms with van der Waals surface area (Å²) in [7, 11) is 3.45. The first-order chi connectivity index (χ1) is 14.3. The largest absolute Gasteiger partial charge is 0.436 e. The van der Waals surface area contributed by atoms with Crippen LogP contribution in [0.15, 0.2) is 48.5 Å². The average Bonchev–Trinajstić information content (AvgIpc) is 3.03. The molecule has 0 aliphatic carbocycles. The van der Waals surface area contributed by atoms with E-state index in [0.717, 1.165) is 17.7 Å². The molecule has 1 heterocycles. The summed E-state index contributed by atoms with van der Waals surface area (Å²) in [5.74, 6) is -1.28. The Kier molecular flexibility index (Phi) is 6.50. The molecule has 0 N–H and O–H groups in total. The Bertz CT molecular complexity index is 1030. The van der Waals surface area contributed by atoms with E-state index < -0.39 is 11.6 Å². The summed E-state index contributed by atoms with van der Waals surface area (Å²) >= 11 is 0. The van der Waals surface area contributed by atoms with Gasteiger partial charge in [0.1, 0.15) is 5.82 Å². The number of carbonyl (C=O) groups excluding carboxylic acids is 1. The van der Waals surface area contributed by atoms with Gasteiger partial charge in [0.15, 0.2) is 11.6 Å². The van der Waals surface area contributed by atoms with Gasteiger partial charge in [-0.2, -0.15) is 5.10 Å². The minimum absolute atomic E-state index is 0.00761. The standard InChI is InChI=1S/C23H25F2N3O2/c1-15(2)27(3)21(29)13-11-18-22(16-8-6-5-7-9-16)26-28(4)23(18)30-20-12-10-17(24)14-19(20)25/h5-10,12,14-15H,11,13H2,1-4H3. The number of rotatable bonds is 7. The van der Waals surface area contributed by atoms with Gasteiger partial charge in [0.05, 0.1) is 5.69 Å². The van der Waals surface area contributed by atoms with E-state index in [4.69, 9.17) is 4.74 Å². The molecule has 158 valence electrons. The number of aromatic nitrogens is 2. The Labute approximate surface area is 174 Å². The quantitative estimate of drug-likeness (QED) is 0.550. The van der Waals surface area contributed by atoms with Crippen LogP contribution in [0, 0.1) is 11.6 Å². The SMILES string of the molecule is CC(C)N(C)C(=O)CCc1c(-c2ccccc2)nn(C)c1Oc1ccc(F)cc1F. The fourth-order valence-electron chi connectivity index (χ4n) is 3.09. The molecule has 1 amide bonds. The van der Waals surface area contributed by atoms with E-state index in [9.17, 15) is 13.6 Å². The Morgan fingerprint density at radius 2 is 1.87 bits per heavy atom. The second-order valence-corrected chi connectivity index (χ2v) is 7.40. The highest BCUT2D eigenvalue weighted by molar-refractivity contribution is 5.77. The normalized spacial score (nSPS) is 11.0. The molecule has 0 aliphatic heterocycles. The Balaban J connectivity index is 1.99. The molecule has 0 atom stereocenters. The van der Waals surface area contributed by atoms with Crippen molar-refractivity contribution in [2.24, 2.45) is 7.05 Å². The molecule has 1 aromatic heterocycles. The Morgan fingerprint density at radius 1 is 1.17 bits per heavy atom. The fourth-order valence-corrected chi connectivity index (χ4v) is 3.09. The number of nitrogens with zero attached hydrogens (tertiary/aromatic N) is 3. The van der Waals surface area contributed by atoms with Crippen molar-refractivity contribution in [2.45, 2.75) is 32.7 Å². The number of halogens is 2. The predicted molar refractivity (Wildman–Crippen MR) is 111 cm³/mol. The Morgan fingerprint density at radius 3 is 2.50 bits per heavy atom. The second kappa shape index (κ2) is 9.07. The van der Waals surface area contributed by atoms with Gasteiger partial charge in [-0.1, -0.05) is 30.3 Å². The number of hydrogen-bond donors (Lipinski definition) is 0. The van der Waals surface area contributed by atoms with Crippen molar-refractivity contribution in [3.05, 3.63) is 65.7 Å². The van der Waals surface area contributed by atoms with Crippen LogP contribution in [0.3, 0.4) is 0 Å². The molecule has 2 aromatic carbocycles. The van der Waals surface area contributed by atoms with Crippen LogP contribution in [0.2, 0.25) is 0 Å². The summed E-state index contributed by atoms with van der Waals surface area (Å²) in [5.41, 5.74) is 2.22. The smallest absolute Gasteiger partial charge is 0.222 e. The number of hydrogen-bond acceptors (Lipinski definition) is 3. The van der Waals surface area contributed by atoms with Gasteiger partial charge in [-0.3, -0.25) is 4.79 Å². The zero-order valence-corrected chi connectivity index (χ0v) is 17.5. The van der Waals surface area contributed by atoms with Crippen molar-refractivity contribution < 1.29 is 18.3 Å². The van der Waals surface area contributed by atoms with Gasteiger partial charge in [0.25, 0.3) is 0 Å². The lowest BCUT2D eigenvalue weighted by Crippen LogP contribution is -2.33. The lowest BCUT2D eigenvalue weighted by atomic mass is 10.0. The molecular weight excluding hydrogens is 388 g/mol. The molecule has 0 unspecified atom stereocenters. The molecule has 0 bridgehead atoms. The third-order valence-corrected chi connectivity index (χ3v) is 4.99. The molecular formula is C23H25F2N3O2. The summed E-state index contributed by atoms with van der Waals surface area (Å²) in [6, 6.07) is 12.7. The van der Waals surface area contributed by atoms with Crippen LogP contribution in [0.5, 0.6) is 11.6 Å². The molecule has 3 aromatic rings. The topological polar surface area (TPSA) is 47.4 Å². The zero-order chi connectivity index (χ0) is 21.8. The predicted octanol–water partition coefficient (Wildman–Crippen LogP) is 4.96. The van der Waals surface area contributed by atoms with E-state index in [1.807, 2.05) is 44.2 Å². The van der Waals surface area contributed by atoms with E-state index >= 15 is 0 Å². The van der Waals surface area contributed by atoms with Crippen LogP contribution in [-0.2, 0) is 18.3 Å². The number of carbonyl (C=O) groups is 1. The molecule has 0 saturated heterocycles. The van der Waals surface area contributed by atoms with Crippen molar-refractivity contribution in [2.75, 3.05) is 7.05 Å². The van der Waals surface area contributed by atoms with Gasteiger partial charge in [-0.05, 0) is 32.4 Å². The fraction of sp³-hybridized carbons (Fsp3) is 0.304. The molecule has 0 spiro atoms. The van der Waals surface area contributed by atoms with Crippen LogP contribution in [0.25, 0.3) is 11.3 Å². The van der Waals surface area contributed by atoms with Crippen molar-refractivity contribution in [3.8, 4) is 22.9 Å². The third-order valence-electron chi connectivity index (χ3n) is 4.99. The number of ether oxygens (including phenoxy) is 1. The van der Waals surface area contributed by atoms with Crippen molar-refractivity contribution >= 4 is 5.91 Å². The molecule has 5 nitrogen and oxygen atoms in total. The average molecular weight is 413 g/mol. The number of aryl methyl sites for hydroxylation is 1. The first-order valence-electron chi connectivity index (χ1n) is 9.77. The summed E-state index contributed by atoms with van der Waals surface area (Å²) in [4.78, 5) is 14.2. The van der Waals surface area contributed by atoms with Gasteiger partial charge in [0, 0.05) is 43.8 Å². The van der Waals surface area contributed by atoms with E-state index in [2.05, 4.69) is 5.10 Å². The van der Waals surface area contributed by atoms with Gasteiger partial charge in [0.2, 0.25) is 11.8 Å². The van der Waals surface area contributed by atoms with E-state index in [-0.39, 0.29) is 24.1 Å². The maximum Gasteiger partial charge on any atom is 0.222 e. The number of amides is 1. The molecule has 0 radical (unpaired) electrons. The summed E-state index contributed by atoms with van der Waals surface area (Å²) < 4.78 is 34.8. The molecule has 0 aliphatic rings. The van der Waals surface area contributed by atoms with Crippen LogP contribution in [0.4, 0.5) is 8.78 Å². The maximum atomic E-state index is 14.2. The van der Waals surface area contributed by atoms with Crippen molar-refractivity contribution in [1.29, 1.82) is 0 Å². The zero-order valence-electron chi connectivity index (χ0n) is 17.5. The molecule has 0 saturated carbocycles. The summed E-state index contributed by atoms with van der Waals surface area (Å²) in [6.07, 6.45) is 0.620. The minimum atomic E-state index is -0.806. The maximum absolute atomic E-state index is 14.2. The molecule has 7 heteroatoms. The van der Waals surface area contributed by atoms with Crippen molar-refractivity contribution in [1.82, 2.24) is 14.7 Å². The van der Waals surface area contributed by atoms with E-state index in [1.54, 1.807) is 19.0 Å². The van der Waals surface area contributed by atoms with Crippen LogP contribution >= 0.6 is 0 Å². The first kappa shape index (κ1) is 21.5. The molecule has 0 fully saturated rings. The van der Waals surface area contributed by atoms with Crippen LogP contribution in [0.1, 0.15) is 25.8 Å². The third kappa shape index (κ3) is 4.67. The monoisotopic (exact) mass is 413 g/mol. The molecule has 3 rings (SSSR count). The first-order valence-corrected chi connectivity index (χ1v) is 9.77. The van der Waals surface area contributed by atoms with Crippen molar-refractivity contribution in [3.63, 3.8) is 0 Å². The summed E-state index contributed by atoms with van der Waals surface area (Å²) in [6.45, 7) is 3.90. The van der Waals surface area contributed by atoms with Gasteiger partial charge >= 0.3 is 0 Å². The van der Waals surface area contributed by atoms with E-state index in [0.29, 0.717) is 23.6 Å².